The van der Waals surface area contributed by atoms with Gasteiger partial charge in [-0.1, -0.05) is 0 Å². The second-order valence-electron chi connectivity index (χ2n) is 4.06. The van der Waals surface area contributed by atoms with Crippen molar-refractivity contribution in [3.63, 3.8) is 0 Å². The zero-order valence-corrected chi connectivity index (χ0v) is 9.97. The molecule has 1 fully saturated rings. The van der Waals surface area contributed by atoms with Gasteiger partial charge in [0.05, 0.1) is 12.8 Å². The van der Waals surface area contributed by atoms with Gasteiger partial charge in [0.25, 0.3) is 5.91 Å². The van der Waals surface area contributed by atoms with E-state index in [2.05, 4.69) is 0 Å². The summed E-state index contributed by atoms with van der Waals surface area (Å²) in [6, 6.07) is 5.15. The van der Waals surface area contributed by atoms with Crippen LogP contribution in [-0.2, 0) is 4.79 Å². The summed E-state index contributed by atoms with van der Waals surface area (Å²) in [4.78, 5) is 13.3. The first-order valence-corrected chi connectivity index (χ1v) is 5.47. The molecule has 92 valence electrons. The number of likely N-dealkylation sites (tertiary alicyclic amines) is 1. The number of likely N-dealkylation sites (N-methyl/N-ethyl adjacent to an activating group) is 1. The summed E-state index contributed by atoms with van der Waals surface area (Å²) in [7, 11) is 3.33. The Balaban J connectivity index is 2.09. The summed E-state index contributed by atoms with van der Waals surface area (Å²) < 4.78 is 10.7. The van der Waals surface area contributed by atoms with E-state index in [1.165, 1.54) is 0 Å². The molecular formula is C12H16N2O3. The highest BCUT2D eigenvalue weighted by molar-refractivity contribution is 5.83. The number of hydrogen-bond acceptors (Lipinski definition) is 4. The van der Waals surface area contributed by atoms with Gasteiger partial charge in [-0.15, -0.1) is 0 Å². The Morgan fingerprint density at radius 2 is 2.24 bits per heavy atom. The minimum atomic E-state index is -0.396. The third kappa shape index (κ3) is 2.27. The number of nitrogens with two attached hydrogens (primary N) is 1. The number of carbonyl (C=O) groups excluding carboxylic acids is 1. The van der Waals surface area contributed by atoms with E-state index in [4.69, 9.17) is 15.2 Å². The summed E-state index contributed by atoms with van der Waals surface area (Å²) in [6.45, 7) is 0.731. The zero-order chi connectivity index (χ0) is 12.4. The molecule has 0 radical (unpaired) electrons. The number of anilines is 1. The molecule has 1 aliphatic heterocycles. The van der Waals surface area contributed by atoms with Gasteiger partial charge in [-0.2, -0.15) is 0 Å². The molecule has 1 aromatic rings. The van der Waals surface area contributed by atoms with Crippen LogP contribution in [0, 0.1) is 0 Å². The number of methoxy groups -OCH3 is 1. The lowest BCUT2D eigenvalue weighted by Gasteiger charge is -2.14. The van der Waals surface area contributed by atoms with Crippen LogP contribution in [0.5, 0.6) is 11.5 Å². The molecule has 2 N–H and O–H groups in total. The van der Waals surface area contributed by atoms with Gasteiger partial charge < -0.3 is 20.1 Å². The zero-order valence-electron chi connectivity index (χ0n) is 9.97. The van der Waals surface area contributed by atoms with Gasteiger partial charge in [-0.3, -0.25) is 4.79 Å². The van der Waals surface area contributed by atoms with Crippen molar-refractivity contribution in [2.45, 2.75) is 12.5 Å². The van der Waals surface area contributed by atoms with Crippen molar-refractivity contribution in [1.29, 1.82) is 0 Å². The Bertz CT molecular complexity index is 434. The maximum Gasteiger partial charge on any atom is 0.263 e. The van der Waals surface area contributed by atoms with Crippen LogP contribution < -0.4 is 15.2 Å². The fraction of sp³-hybridized carbons (Fsp3) is 0.417. The third-order valence-electron chi connectivity index (χ3n) is 2.86. The number of nitrogens with zero attached hydrogens (tertiary/aromatic N) is 1. The molecule has 0 bridgehead atoms. The van der Waals surface area contributed by atoms with Crippen molar-refractivity contribution < 1.29 is 14.3 Å². The second-order valence-corrected chi connectivity index (χ2v) is 4.06. The highest BCUT2D eigenvalue weighted by Gasteiger charge is 2.30. The van der Waals surface area contributed by atoms with Gasteiger partial charge in [-0.05, 0) is 12.1 Å². The number of amides is 1. The van der Waals surface area contributed by atoms with Crippen LogP contribution in [-0.4, -0.2) is 37.6 Å². The molecular weight excluding hydrogens is 220 g/mol. The Morgan fingerprint density at radius 1 is 1.47 bits per heavy atom. The maximum absolute atomic E-state index is 11.7. The predicted octanol–water partition coefficient (Wildman–Crippen LogP) is 0.887. The van der Waals surface area contributed by atoms with E-state index in [-0.39, 0.29) is 5.91 Å². The highest BCUT2D eigenvalue weighted by Crippen LogP contribution is 2.27. The van der Waals surface area contributed by atoms with Crippen molar-refractivity contribution in [2.24, 2.45) is 0 Å². The number of carbonyl (C=O) groups is 1. The molecule has 0 saturated carbocycles. The summed E-state index contributed by atoms with van der Waals surface area (Å²) in [5, 5.41) is 0. The van der Waals surface area contributed by atoms with Crippen LogP contribution in [0.2, 0.25) is 0 Å². The summed E-state index contributed by atoms with van der Waals surface area (Å²) >= 11 is 0. The van der Waals surface area contributed by atoms with Gasteiger partial charge in [0.15, 0.2) is 6.10 Å². The lowest BCUT2D eigenvalue weighted by molar-refractivity contribution is -0.132. The molecule has 2 rings (SSSR count). The van der Waals surface area contributed by atoms with Gasteiger partial charge in [-0.25, -0.2) is 0 Å². The molecule has 17 heavy (non-hydrogen) atoms. The Morgan fingerprint density at radius 3 is 2.76 bits per heavy atom. The van der Waals surface area contributed by atoms with Crippen LogP contribution in [0.15, 0.2) is 18.2 Å². The molecule has 1 unspecified atom stereocenters. The molecule has 5 nitrogen and oxygen atoms in total. The third-order valence-corrected chi connectivity index (χ3v) is 2.86. The number of nitrogen functional groups attached to an aromatic ring is 1. The second kappa shape index (κ2) is 4.53. The SMILES string of the molecule is COc1ccc(OC2CCN(C)C2=O)cc1N. The molecule has 1 atom stereocenters. The minimum Gasteiger partial charge on any atom is -0.495 e. The molecule has 0 spiro atoms. The fourth-order valence-corrected chi connectivity index (χ4v) is 1.85. The fourth-order valence-electron chi connectivity index (χ4n) is 1.85. The standard InChI is InChI=1S/C12H16N2O3/c1-14-6-5-11(12(14)15)17-8-3-4-10(16-2)9(13)7-8/h3-4,7,11H,5-6,13H2,1-2H3. The Kier molecular flexibility index (Phi) is 3.08. The lowest BCUT2D eigenvalue weighted by atomic mass is 10.2. The Labute approximate surface area is 100 Å². The average Bonchev–Trinajstić information content (AvgIpc) is 2.61. The van der Waals surface area contributed by atoms with Crippen molar-refractivity contribution in [3.05, 3.63) is 18.2 Å². The molecule has 1 aliphatic rings. The van der Waals surface area contributed by atoms with Crippen molar-refractivity contribution >= 4 is 11.6 Å². The average molecular weight is 236 g/mol. The summed E-state index contributed by atoms with van der Waals surface area (Å²) in [5.74, 6) is 1.21. The van der Waals surface area contributed by atoms with E-state index < -0.39 is 6.10 Å². The lowest BCUT2D eigenvalue weighted by Crippen LogP contribution is -2.29. The predicted molar refractivity (Wildman–Crippen MR) is 64.1 cm³/mol. The summed E-state index contributed by atoms with van der Waals surface area (Å²) in [5.41, 5.74) is 6.27. The van der Waals surface area contributed by atoms with Gasteiger partial charge in [0, 0.05) is 26.1 Å². The largest absolute Gasteiger partial charge is 0.495 e. The molecule has 1 amide bonds. The van der Waals surface area contributed by atoms with Crippen molar-refractivity contribution in [1.82, 2.24) is 4.90 Å². The Hall–Kier alpha value is -1.91. The first-order valence-electron chi connectivity index (χ1n) is 5.47. The quantitative estimate of drug-likeness (QED) is 0.791. The minimum absolute atomic E-state index is 0.0133. The first-order chi connectivity index (χ1) is 8.11. The molecule has 1 saturated heterocycles. The molecule has 1 aromatic carbocycles. The smallest absolute Gasteiger partial charge is 0.263 e. The van der Waals surface area contributed by atoms with E-state index in [1.54, 1.807) is 37.3 Å². The van der Waals surface area contributed by atoms with Crippen LogP contribution >= 0.6 is 0 Å². The van der Waals surface area contributed by atoms with Gasteiger partial charge in [0.2, 0.25) is 0 Å². The van der Waals surface area contributed by atoms with Crippen LogP contribution in [0.4, 0.5) is 5.69 Å². The van der Waals surface area contributed by atoms with Crippen LogP contribution in [0.25, 0.3) is 0 Å². The number of ether oxygens (including phenoxy) is 2. The molecule has 1 heterocycles. The van der Waals surface area contributed by atoms with E-state index in [0.717, 1.165) is 6.54 Å². The topological polar surface area (TPSA) is 64.8 Å². The molecule has 0 aliphatic carbocycles. The number of benzene rings is 1. The van der Waals surface area contributed by atoms with E-state index >= 15 is 0 Å². The first kappa shape index (κ1) is 11.6. The van der Waals surface area contributed by atoms with Crippen LogP contribution in [0.3, 0.4) is 0 Å². The summed E-state index contributed by atoms with van der Waals surface area (Å²) in [6.07, 6.45) is 0.314. The monoisotopic (exact) mass is 236 g/mol. The number of hydrogen-bond donors (Lipinski definition) is 1. The maximum atomic E-state index is 11.7. The van der Waals surface area contributed by atoms with Crippen LogP contribution in [0.1, 0.15) is 6.42 Å². The van der Waals surface area contributed by atoms with E-state index in [1.807, 2.05) is 0 Å². The molecule has 0 aromatic heterocycles. The van der Waals surface area contributed by atoms with Gasteiger partial charge in [0.1, 0.15) is 11.5 Å². The van der Waals surface area contributed by atoms with E-state index in [9.17, 15) is 4.79 Å². The normalized spacial score (nSPS) is 19.5. The number of rotatable bonds is 3. The highest BCUT2D eigenvalue weighted by atomic mass is 16.5. The van der Waals surface area contributed by atoms with Gasteiger partial charge >= 0.3 is 0 Å². The van der Waals surface area contributed by atoms with Crippen molar-refractivity contribution in [2.75, 3.05) is 26.4 Å². The van der Waals surface area contributed by atoms with E-state index in [0.29, 0.717) is 23.6 Å². The molecule has 5 heteroatoms. The van der Waals surface area contributed by atoms with Crippen molar-refractivity contribution in [3.8, 4) is 11.5 Å².